The molecule has 3 heteroatoms. The normalized spacial score (nSPS) is 13.0. The monoisotopic (exact) mass is 806 g/mol. The van der Waals surface area contributed by atoms with Gasteiger partial charge in [0.1, 0.15) is 0 Å². The highest BCUT2D eigenvalue weighted by Crippen LogP contribution is 2.58. The van der Waals surface area contributed by atoms with Gasteiger partial charge >= 0.3 is 0 Å². The van der Waals surface area contributed by atoms with Crippen LogP contribution in [-0.4, -0.2) is 4.57 Å². The van der Waals surface area contributed by atoms with Crippen molar-refractivity contribution in [3.8, 4) is 16.8 Å². The second-order valence-electron chi connectivity index (χ2n) is 16.4. The number of anilines is 3. The van der Waals surface area contributed by atoms with Crippen molar-refractivity contribution >= 4 is 81.1 Å². The number of fused-ring (bicyclic) bond motifs is 11. The van der Waals surface area contributed by atoms with E-state index in [0.29, 0.717) is 0 Å². The van der Waals surface area contributed by atoms with Crippen LogP contribution in [0, 0.1) is 0 Å². The molecule has 0 fully saturated rings. The molecule has 10 aromatic carbocycles. The van der Waals surface area contributed by atoms with Gasteiger partial charge in [0.2, 0.25) is 0 Å². The summed E-state index contributed by atoms with van der Waals surface area (Å²) < 4.78 is 5.01. The third kappa shape index (κ3) is 4.97. The molecule has 290 valence electrons. The zero-order chi connectivity index (χ0) is 40.8. The maximum absolute atomic E-state index is 2.52. The molecule has 0 N–H and O–H groups in total. The Bertz CT molecular complexity index is 3660. The maximum atomic E-state index is 2.52. The number of hydrogen-bond acceptors (Lipinski definition) is 2. The van der Waals surface area contributed by atoms with Crippen LogP contribution >= 0.6 is 11.3 Å². The van der Waals surface area contributed by atoms with E-state index in [1.165, 1.54) is 86.1 Å². The average molecular weight is 807 g/mol. The minimum absolute atomic E-state index is 0.525. The van der Waals surface area contributed by atoms with E-state index < -0.39 is 5.41 Å². The fourth-order valence-electron chi connectivity index (χ4n) is 10.6. The number of nitrogens with zero attached hydrogens (tertiary/aromatic N) is 2. The number of thiophene rings is 1. The Labute approximate surface area is 363 Å². The molecule has 0 bridgehead atoms. The molecule has 1 aliphatic rings. The standard InChI is InChI=1S/C59H38N2S/c1-4-18-40(19-5-1)59(41-20-6-2-7-21-41)52-28-14-12-25-46(52)47-35-32-43(37-53(47)59)60(55-30-16-27-50-51-34-31-39-17-10-11-24-45(39)57(51)62-58(50)55)44-33-36-49-48-26-13-15-29-54(48)61(56(49)38-44)42-22-8-3-9-23-42/h1-38H. The Morgan fingerprint density at radius 2 is 0.952 bits per heavy atom. The van der Waals surface area contributed by atoms with Gasteiger partial charge in [-0.05, 0) is 92.7 Å². The van der Waals surface area contributed by atoms with Crippen LogP contribution in [0.2, 0.25) is 0 Å². The van der Waals surface area contributed by atoms with E-state index in [1.807, 2.05) is 11.3 Å². The Morgan fingerprint density at radius 3 is 1.76 bits per heavy atom. The van der Waals surface area contributed by atoms with Gasteiger partial charge in [0, 0.05) is 43.3 Å². The van der Waals surface area contributed by atoms with Crippen LogP contribution in [0.3, 0.4) is 0 Å². The number of benzene rings is 10. The molecule has 12 aromatic rings. The van der Waals surface area contributed by atoms with Gasteiger partial charge in [-0.3, -0.25) is 0 Å². The highest BCUT2D eigenvalue weighted by Gasteiger charge is 2.46. The number of rotatable bonds is 6. The van der Waals surface area contributed by atoms with Crippen molar-refractivity contribution in [2.45, 2.75) is 5.41 Å². The summed E-state index contributed by atoms with van der Waals surface area (Å²) in [6.07, 6.45) is 0. The molecule has 0 radical (unpaired) electrons. The summed E-state index contributed by atoms with van der Waals surface area (Å²) in [5.74, 6) is 0. The molecule has 0 atom stereocenters. The first-order valence-corrected chi connectivity index (χ1v) is 22.2. The number of hydrogen-bond donors (Lipinski definition) is 0. The molecule has 2 aromatic heterocycles. The second-order valence-corrected chi connectivity index (χ2v) is 17.4. The van der Waals surface area contributed by atoms with Crippen molar-refractivity contribution in [2.75, 3.05) is 4.90 Å². The highest BCUT2D eigenvalue weighted by molar-refractivity contribution is 7.27. The summed E-state index contributed by atoms with van der Waals surface area (Å²) in [5, 5.41) is 7.60. The predicted molar refractivity (Wildman–Crippen MR) is 263 cm³/mol. The van der Waals surface area contributed by atoms with E-state index in [4.69, 9.17) is 0 Å². The minimum Gasteiger partial charge on any atom is -0.309 e. The topological polar surface area (TPSA) is 8.17 Å². The van der Waals surface area contributed by atoms with Crippen LogP contribution in [0.25, 0.3) is 69.6 Å². The Kier molecular flexibility index (Phi) is 7.72. The maximum Gasteiger partial charge on any atom is 0.0714 e. The molecule has 2 nitrogen and oxygen atoms in total. The molecule has 1 aliphatic carbocycles. The lowest BCUT2D eigenvalue weighted by atomic mass is 9.67. The van der Waals surface area contributed by atoms with Gasteiger partial charge in [-0.1, -0.05) is 182 Å². The molecule has 0 aliphatic heterocycles. The molecular formula is C59H38N2S. The van der Waals surface area contributed by atoms with Gasteiger partial charge in [-0.15, -0.1) is 11.3 Å². The van der Waals surface area contributed by atoms with Gasteiger partial charge in [-0.2, -0.15) is 0 Å². The molecule has 62 heavy (non-hydrogen) atoms. The summed E-state index contributed by atoms with van der Waals surface area (Å²) >= 11 is 1.90. The van der Waals surface area contributed by atoms with Gasteiger partial charge in [0.05, 0.1) is 26.8 Å². The van der Waals surface area contributed by atoms with E-state index in [0.717, 1.165) is 22.7 Å². The lowest BCUT2D eigenvalue weighted by Gasteiger charge is -2.35. The van der Waals surface area contributed by atoms with Crippen molar-refractivity contribution < 1.29 is 0 Å². The summed E-state index contributed by atoms with van der Waals surface area (Å²) in [5.41, 5.74) is 14.0. The minimum atomic E-state index is -0.525. The van der Waals surface area contributed by atoms with Crippen LogP contribution in [0.5, 0.6) is 0 Å². The smallest absolute Gasteiger partial charge is 0.0714 e. The molecule has 0 unspecified atom stereocenters. The zero-order valence-corrected chi connectivity index (χ0v) is 34.6. The molecular weight excluding hydrogens is 769 g/mol. The third-order valence-electron chi connectivity index (χ3n) is 13.2. The first-order valence-electron chi connectivity index (χ1n) is 21.3. The van der Waals surface area contributed by atoms with E-state index in [1.54, 1.807) is 0 Å². The predicted octanol–water partition coefficient (Wildman–Crippen LogP) is 16.1. The Balaban J connectivity index is 1.13. The first kappa shape index (κ1) is 35.1. The molecule has 0 amide bonds. The molecule has 13 rings (SSSR count). The van der Waals surface area contributed by atoms with E-state index in [-0.39, 0.29) is 0 Å². The third-order valence-corrected chi connectivity index (χ3v) is 14.5. The molecule has 0 saturated carbocycles. The van der Waals surface area contributed by atoms with E-state index >= 15 is 0 Å². The van der Waals surface area contributed by atoms with Crippen molar-refractivity contribution in [3.63, 3.8) is 0 Å². The van der Waals surface area contributed by atoms with Crippen LogP contribution < -0.4 is 4.90 Å². The lowest BCUT2D eigenvalue weighted by Crippen LogP contribution is -2.28. The van der Waals surface area contributed by atoms with Crippen molar-refractivity contribution in [1.29, 1.82) is 0 Å². The van der Waals surface area contributed by atoms with E-state index in [2.05, 4.69) is 240 Å². The Hall–Kier alpha value is -7.72. The fourth-order valence-corrected chi connectivity index (χ4v) is 12.0. The van der Waals surface area contributed by atoms with Crippen LogP contribution in [-0.2, 0) is 5.41 Å². The largest absolute Gasteiger partial charge is 0.309 e. The second kappa shape index (κ2) is 13.7. The average Bonchev–Trinajstić information content (AvgIpc) is 3.99. The first-order chi connectivity index (χ1) is 30.8. The van der Waals surface area contributed by atoms with Gasteiger partial charge < -0.3 is 9.47 Å². The molecule has 2 heterocycles. The SMILES string of the molecule is c1ccc(-n2c3ccccc3c3ccc(N(c4ccc5c(c4)C(c4ccccc4)(c4ccccc4)c4ccccc4-5)c4cccc5c4sc4c6ccccc6ccc54)cc32)cc1. The van der Waals surface area contributed by atoms with Crippen molar-refractivity contribution in [3.05, 3.63) is 253 Å². The van der Waals surface area contributed by atoms with E-state index in [9.17, 15) is 0 Å². The van der Waals surface area contributed by atoms with Gasteiger partial charge in [0.15, 0.2) is 0 Å². The lowest BCUT2D eigenvalue weighted by molar-refractivity contribution is 0.768. The quantitative estimate of drug-likeness (QED) is 0.162. The molecule has 0 spiro atoms. The van der Waals surface area contributed by atoms with Crippen LogP contribution in [0.1, 0.15) is 22.3 Å². The fraction of sp³-hybridized carbons (Fsp3) is 0.0169. The van der Waals surface area contributed by atoms with Crippen LogP contribution in [0.15, 0.2) is 231 Å². The number of aromatic nitrogens is 1. The molecule has 0 saturated heterocycles. The highest BCUT2D eigenvalue weighted by atomic mass is 32.1. The Morgan fingerprint density at radius 1 is 0.371 bits per heavy atom. The van der Waals surface area contributed by atoms with Gasteiger partial charge in [0.25, 0.3) is 0 Å². The zero-order valence-electron chi connectivity index (χ0n) is 33.7. The summed E-state index contributed by atoms with van der Waals surface area (Å²) in [6.45, 7) is 0. The van der Waals surface area contributed by atoms with Crippen molar-refractivity contribution in [1.82, 2.24) is 4.57 Å². The summed E-state index contributed by atoms with van der Waals surface area (Å²) in [4.78, 5) is 2.52. The van der Waals surface area contributed by atoms with Crippen molar-refractivity contribution in [2.24, 2.45) is 0 Å². The summed E-state index contributed by atoms with van der Waals surface area (Å²) in [6, 6.07) is 85.3. The number of para-hydroxylation sites is 2. The van der Waals surface area contributed by atoms with Crippen LogP contribution in [0.4, 0.5) is 17.1 Å². The summed E-state index contributed by atoms with van der Waals surface area (Å²) in [7, 11) is 0. The van der Waals surface area contributed by atoms with Gasteiger partial charge in [-0.25, -0.2) is 0 Å².